The third-order valence-corrected chi connectivity index (χ3v) is 1.77. The Kier molecular flexibility index (Phi) is 1.51. The van der Waals surface area contributed by atoms with Crippen molar-refractivity contribution < 1.29 is 14.3 Å². The molecule has 4 nitrogen and oxygen atoms in total. The van der Waals surface area contributed by atoms with Gasteiger partial charge in [0.1, 0.15) is 0 Å². The summed E-state index contributed by atoms with van der Waals surface area (Å²) in [7, 11) is 0. The molecule has 0 aliphatic heterocycles. The van der Waals surface area contributed by atoms with Crippen LogP contribution in [0.1, 0.15) is 10.4 Å². The van der Waals surface area contributed by atoms with Crippen LogP contribution in [0.5, 0.6) is 0 Å². The van der Waals surface area contributed by atoms with E-state index < -0.39 is 11.8 Å². The number of carboxylic acids is 1. The van der Waals surface area contributed by atoms with Gasteiger partial charge in [0, 0.05) is 6.20 Å². The van der Waals surface area contributed by atoms with Crippen molar-refractivity contribution in [3.8, 4) is 0 Å². The van der Waals surface area contributed by atoms with Crippen molar-refractivity contribution in [2.45, 2.75) is 0 Å². The lowest BCUT2D eigenvalue weighted by Gasteiger charge is -1.92. The fraction of sp³-hybridized carbons (Fsp3) is 0. The highest BCUT2D eigenvalue weighted by Crippen LogP contribution is 2.19. The van der Waals surface area contributed by atoms with Gasteiger partial charge in [-0.2, -0.15) is 0 Å². The summed E-state index contributed by atoms with van der Waals surface area (Å²) in [6, 6.07) is 0. The Balaban J connectivity index is 2.86. The predicted molar refractivity (Wildman–Crippen MR) is 43.0 cm³/mol. The van der Waals surface area contributed by atoms with Gasteiger partial charge in [-0.15, -0.1) is 0 Å². The van der Waals surface area contributed by atoms with Gasteiger partial charge in [-0.1, -0.05) is 0 Å². The molecule has 0 bridgehead atoms. The number of aromatic amines is 1. The SMILES string of the molecule is O=C(O)c1c[nH]c2cncc(F)c12. The molecular weight excluding hydrogens is 175 g/mol. The molecule has 0 spiro atoms. The number of carbonyl (C=O) groups is 1. The van der Waals surface area contributed by atoms with Gasteiger partial charge in [0.2, 0.25) is 0 Å². The highest BCUT2D eigenvalue weighted by atomic mass is 19.1. The average Bonchev–Trinajstić information content (AvgIpc) is 2.49. The van der Waals surface area contributed by atoms with E-state index >= 15 is 0 Å². The summed E-state index contributed by atoms with van der Waals surface area (Å²) in [5, 5.41) is 8.76. The minimum atomic E-state index is -1.16. The van der Waals surface area contributed by atoms with Crippen LogP contribution in [0.3, 0.4) is 0 Å². The molecule has 0 aliphatic carbocycles. The topological polar surface area (TPSA) is 66.0 Å². The second-order valence-electron chi connectivity index (χ2n) is 2.55. The Bertz CT molecular complexity index is 478. The van der Waals surface area contributed by atoms with E-state index in [1.165, 1.54) is 12.4 Å². The molecule has 66 valence electrons. The minimum Gasteiger partial charge on any atom is -0.478 e. The number of fused-ring (bicyclic) bond motifs is 1. The summed E-state index contributed by atoms with van der Waals surface area (Å²) in [5.74, 6) is -1.78. The molecule has 5 heteroatoms. The lowest BCUT2D eigenvalue weighted by atomic mass is 10.2. The molecular formula is C8H5FN2O2. The molecule has 2 aromatic heterocycles. The van der Waals surface area contributed by atoms with E-state index in [4.69, 9.17) is 5.11 Å². The predicted octanol–water partition coefficient (Wildman–Crippen LogP) is 1.40. The zero-order valence-corrected chi connectivity index (χ0v) is 6.41. The van der Waals surface area contributed by atoms with Crippen LogP contribution in [-0.4, -0.2) is 21.0 Å². The number of rotatable bonds is 1. The first-order chi connectivity index (χ1) is 6.20. The third-order valence-electron chi connectivity index (χ3n) is 1.77. The summed E-state index contributed by atoms with van der Waals surface area (Å²) in [4.78, 5) is 16.8. The summed E-state index contributed by atoms with van der Waals surface area (Å²) in [6.07, 6.45) is 3.62. The number of hydrogen-bond acceptors (Lipinski definition) is 2. The average molecular weight is 180 g/mol. The Morgan fingerprint density at radius 2 is 2.31 bits per heavy atom. The van der Waals surface area contributed by atoms with Crippen LogP contribution in [-0.2, 0) is 0 Å². The lowest BCUT2D eigenvalue weighted by molar-refractivity contribution is 0.0699. The summed E-state index contributed by atoms with van der Waals surface area (Å²) in [5.41, 5.74) is 0.312. The number of pyridine rings is 1. The van der Waals surface area contributed by atoms with E-state index in [2.05, 4.69) is 9.97 Å². The highest BCUT2D eigenvalue weighted by Gasteiger charge is 2.13. The van der Waals surface area contributed by atoms with Crippen molar-refractivity contribution >= 4 is 16.9 Å². The zero-order chi connectivity index (χ0) is 9.42. The van der Waals surface area contributed by atoms with Gasteiger partial charge < -0.3 is 10.1 Å². The van der Waals surface area contributed by atoms with E-state index in [0.29, 0.717) is 5.52 Å². The molecule has 2 aromatic rings. The molecule has 0 atom stereocenters. The van der Waals surface area contributed by atoms with Crippen LogP contribution in [0, 0.1) is 5.82 Å². The molecule has 0 saturated carbocycles. The molecule has 0 amide bonds. The van der Waals surface area contributed by atoms with Crippen molar-refractivity contribution in [1.82, 2.24) is 9.97 Å². The first-order valence-electron chi connectivity index (χ1n) is 3.54. The summed E-state index contributed by atoms with van der Waals surface area (Å²) in [6.45, 7) is 0. The van der Waals surface area contributed by atoms with Gasteiger partial charge in [0.15, 0.2) is 5.82 Å². The standard InChI is InChI=1S/C8H5FN2O2/c9-5-2-10-3-6-7(5)4(1-11-6)8(12)13/h1-3,11H,(H,12,13). The molecule has 2 heterocycles. The van der Waals surface area contributed by atoms with Crippen LogP contribution in [0.2, 0.25) is 0 Å². The van der Waals surface area contributed by atoms with Gasteiger partial charge in [-0.3, -0.25) is 4.98 Å². The molecule has 0 aliphatic rings. The van der Waals surface area contributed by atoms with Crippen LogP contribution in [0.15, 0.2) is 18.6 Å². The van der Waals surface area contributed by atoms with Crippen molar-refractivity contribution in [2.75, 3.05) is 0 Å². The maximum Gasteiger partial charge on any atom is 0.337 e. The number of nitrogens with zero attached hydrogens (tertiary/aromatic N) is 1. The molecule has 0 unspecified atom stereocenters. The van der Waals surface area contributed by atoms with Gasteiger partial charge >= 0.3 is 5.97 Å². The number of carboxylic acid groups (broad SMARTS) is 1. The summed E-state index contributed by atoms with van der Waals surface area (Å²) < 4.78 is 13.1. The number of aromatic nitrogens is 2. The first kappa shape index (κ1) is 7.72. The number of nitrogens with one attached hydrogen (secondary N) is 1. The number of aromatic carboxylic acids is 1. The number of hydrogen-bond donors (Lipinski definition) is 2. The van der Waals surface area contributed by atoms with Crippen molar-refractivity contribution in [3.05, 3.63) is 30.0 Å². The van der Waals surface area contributed by atoms with Crippen molar-refractivity contribution in [1.29, 1.82) is 0 Å². The van der Waals surface area contributed by atoms with Crippen LogP contribution in [0.25, 0.3) is 10.9 Å². The van der Waals surface area contributed by atoms with E-state index in [9.17, 15) is 9.18 Å². The van der Waals surface area contributed by atoms with Gasteiger partial charge in [0.05, 0.1) is 28.9 Å². The third kappa shape index (κ3) is 1.05. The Morgan fingerprint density at radius 3 is 3.00 bits per heavy atom. The molecule has 2 N–H and O–H groups in total. The fourth-order valence-electron chi connectivity index (χ4n) is 1.21. The monoisotopic (exact) mass is 180 g/mol. The second-order valence-corrected chi connectivity index (χ2v) is 2.55. The molecule has 0 saturated heterocycles. The number of halogens is 1. The highest BCUT2D eigenvalue weighted by molar-refractivity contribution is 6.03. The maximum atomic E-state index is 13.1. The second kappa shape index (κ2) is 2.55. The van der Waals surface area contributed by atoms with Crippen LogP contribution in [0.4, 0.5) is 4.39 Å². The number of H-pyrrole nitrogens is 1. The maximum absolute atomic E-state index is 13.1. The first-order valence-corrected chi connectivity index (χ1v) is 3.54. The molecule has 0 aromatic carbocycles. The quantitative estimate of drug-likeness (QED) is 0.697. The van der Waals surface area contributed by atoms with Crippen molar-refractivity contribution in [2.24, 2.45) is 0 Å². The Hall–Kier alpha value is -1.91. The van der Waals surface area contributed by atoms with Gasteiger partial charge in [-0.25, -0.2) is 9.18 Å². The zero-order valence-electron chi connectivity index (χ0n) is 6.41. The van der Waals surface area contributed by atoms with Crippen LogP contribution < -0.4 is 0 Å². The van der Waals surface area contributed by atoms with Gasteiger partial charge in [0.25, 0.3) is 0 Å². The van der Waals surface area contributed by atoms with E-state index in [-0.39, 0.29) is 10.9 Å². The largest absolute Gasteiger partial charge is 0.478 e. The Morgan fingerprint density at radius 1 is 1.54 bits per heavy atom. The lowest BCUT2D eigenvalue weighted by Crippen LogP contribution is -1.95. The van der Waals surface area contributed by atoms with E-state index in [1.54, 1.807) is 0 Å². The van der Waals surface area contributed by atoms with E-state index in [0.717, 1.165) is 6.20 Å². The van der Waals surface area contributed by atoms with Gasteiger partial charge in [-0.05, 0) is 0 Å². The Labute approximate surface area is 72.0 Å². The molecule has 2 rings (SSSR count). The molecule has 0 radical (unpaired) electrons. The molecule has 13 heavy (non-hydrogen) atoms. The van der Waals surface area contributed by atoms with Crippen LogP contribution >= 0.6 is 0 Å². The smallest absolute Gasteiger partial charge is 0.337 e. The molecule has 0 fully saturated rings. The normalized spacial score (nSPS) is 10.5. The summed E-state index contributed by atoms with van der Waals surface area (Å²) >= 11 is 0. The van der Waals surface area contributed by atoms with E-state index in [1.807, 2.05) is 0 Å². The van der Waals surface area contributed by atoms with Crippen molar-refractivity contribution in [3.63, 3.8) is 0 Å². The fourth-order valence-corrected chi connectivity index (χ4v) is 1.21. The minimum absolute atomic E-state index is 0.0718.